The Morgan fingerprint density at radius 2 is 1.81 bits per heavy atom. The van der Waals surface area contributed by atoms with E-state index in [4.69, 9.17) is 0 Å². The quantitative estimate of drug-likeness (QED) is 0.507. The number of pyridine rings is 1. The first-order valence-corrected chi connectivity index (χ1v) is 10.2. The third-order valence-electron chi connectivity index (χ3n) is 5.51. The Morgan fingerprint density at radius 1 is 1.06 bits per heavy atom. The summed E-state index contributed by atoms with van der Waals surface area (Å²) in [6.45, 7) is 6.68. The van der Waals surface area contributed by atoms with Crippen molar-refractivity contribution >= 4 is 16.8 Å². The Morgan fingerprint density at radius 3 is 2.55 bits per heavy atom. The predicted molar refractivity (Wildman–Crippen MR) is 121 cm³/mol. The van der Waals surface area contributed by atoms with Gasteiger partial charge in [-0.05, 0) is 74.7 Å². The standard InChI is InChI=1S/C25H24FN3O2/c1-15-12-16(2)24-22(13-15)21(17(3)28-24)10-11-27-25(31)18-4-9-23(30)29(14-18)20-7-5-19(26)6-8-20/h4-9,12-14,28H,10-11H2,1-3H3,(H,27,31). The second-order valence-electron chi connectivity index (χ2n) is 7.84. The lowest BCUT2D eigenvalue weighted by Gasteiger charge is -2.09. The van der Waals surface area contributed by atoms with Crippen LogP contribution in [0.2, 0.25) is 0 Å². The van der Waals surface area contributed by atoms with Crippen molar-refractivity contribution in [1.82, 2.24) is 14.9 Å². The average molecular weight is 417 g/mol. The summed E-state index contributed by atoms with van der Waals surface area (Å²) in [5, 5.41) is 4.13. The van der Waals surface area contributed by atoms with Crippen LogP contribution in [0.5, 0.6) is 0 Å². The lowest BCUT2D eigenvalue weighted by molar-refractivity contribution is 0.0953. The average Bonchev–Trinajstić information content (AvgIpc) is 3.05. The number of hydrogen-bond donors (Lipinski definition) is 2. The Balaban J connectivity index is 1.51. The zero-order valence-electron chi connectivity index (χ0n) is 17.8. The molecule has 2 N–H and O–H groups in total. The fraction of sp³-hybridized carbons (Fsp3) is 0.200. The van der Waals surface area contributed by atoms with Crippen LogP contribution in [0.3, 0.4) is 0 Å². The van der Waals surface area contributed by atoms with Crippen LogP contribution in [-0.4, -0.2) is 22.0 Å². The molecule has 2 aromatic carbocycles. The number of aromatic nitrogens is 2. The summed E-state index contributed by atoms with van der Waals surface area (Å²) in [7, 11) is 0. The van der Waals surface area contributed by atoms with Crippen LogP contribution in [0.25, 0.3) is 16.6 Å². The largest absolute Gasteiger partial charge is 0.358 e. The minimum Gasteiger partial charge on any atom is -0.358 e. The second kappa shape index (κ2) is 8.22. The number of fused-ring (bicyclic) bond motifs is 1. The number of aryl methyl sites for hydroxylation is 3. The number of H-pyrrole nitrogens is 1. The molecule has 0 radical (unpaired) electrons. The Labute approximate surface area is 179 Å². The monoisotopic (exact) mass is 417 g/mol. The van der Waals surface area contributed by atoms with Crippen molar-refractivity contribution in [2.75, 3.05) is 6.54 Å². The van der Waals surface area contributed by atoms with Crippen molar-refractivity contribution in [2.24, 2.45) is 0 Å². The van der Waals surface area contributed by atoms with Crippen LogP contribution in [-0.2, 0) is 6.42 Å². The molecular weight excluding hydrogens is 393 g/mol. The van der Waals surface area contributed by atoms with Crippen molar-refractivity contribution in [3.63, 3.8) is 0 Å². The summed E-state index contributed by atoms with van der Waals surface area (Å²) >= 11 is 0. The summed E-state index contributed by atoms with van der Waals surface area (Å²) in [5.41, 5.74) is 6.42. The van der Waals surface area contributed by atoms with E-state index in [2.05, 4.69) is 36.3 Å². The van der Waals surface area contributed by atoms with Crippen molar-refractivity contribution < 1.29 is 9.18 Å². The molecule has 4 aromatic rings. The number of carbonyl (C=O) groups excluding carboxylic acids is 1. The van der Waals surface area contributed by atoms with Gasteiger partial charge in [0.15, 0.2) is 0 Å². The lowest BCUT2D eigenvalue weighted by Crippen LogP contribution is -2.28. The van der Waals surface area contributed by atoms with E-state index >= 15 is 0 Å². The van der Waals surface area contributed by atoms with Gasteiger partial charge in [0, 0.05) is 41.1 Å². The topological polar surface area (TPSA) is 66.9 Å². The van der Waals surface area contributed by atoms with E-state index in [0.717, 1.165) is 11.2 Å². The number of carbonyl (C=O) groups is 1. The van der Waals surface area contributed by atoms with Gasteiger partial charge in [-0.15, -0.1) is 0 Å². The number of benzene rings is 2. The van der Waals surface area contributed by atoms with Crippen LogP contribution >= 0.6 is 0 Å². The molecular formula is C25H24FN3O2. The van der Waals surface area contributed by atoms with Crippen LogP contribution < -0.4 is 10.9 Å². The molecule has 2 heterocycles. The molecule has 0 spiro atoms. The maximum absolute atomic E-state index is 13.2. The maximum atomic E-state index is 13.2. The molecule has 0 aliphatic rings. The molecule has 0 aliphatic heterocycles. The molecule has 6 heteroatoms. The molecule has 1 amide bonds. The summed E-state index contributed by atoms with van der Waals surface area (Å²) in [4.78, 5) is 28.3. The first-order valence-electron chi connectivity index (χ1n) is 10.2. The van der Waals surface area contributed by atoms with E-state index in [9.17, 15) is 14.0 Å². The molecule has 158 valence electrons. The number of amides is 1. The third-order valence-corrected chi connectivity index (χ3v) is 5.51. The number of hydrogen-bond acceptors (Lipinski definition) is 2. The van der Waals surface area contributed by atoms with E-state index in [0.29, 0.717) is 24.2 Å². The van der Waals surface area contributed by atoms with Crippen LogP contribution in [0.4, 0.5) is 4.39 Å². The number of nitrogens with one attached hydrogen (secondary N) is 2. The molecule has 0 unspecified atom stereocenters. The first-order chi connectivity index (χ1) is 14.8. The molecule has 0 saturated heterocycles. The molecule has 0 fully saturated rings. The predicted octanol–water partition coefficient (Wildman–Crippen LogP) is 4.36. The van der Waals surface area contributed by atoms with Gasteiger partial charge in [0.1, 0.15) is 5.82 Å². The van der Waals surface area contributed by atoms with Gasteiger partial charge in [-0.25, -0.2) is 4.39 Å². The van der Waals surface area contributed by atoms with E-state index in [1.807, 2.05) is 6.92 Å². The molecule has 5 nitrogen and oxygen atoms in total. The van der Waals surface area contributed by atoms with Gasteiger partial charge < -0.3 is 10.3 Å². The van der Waals surface area contributed by atoms with Gasteiger partial charge in [-0.1, -0.05) is 11.6 Å². The number of halogens is 1. The van der Waals surface area contributed by atoms with Gasteiger partial charge >= 0.3 is 0 Å². The molecule has 0 atom stereocenters. The van der Waals surface area contributed by atoms with Crippen molar-refractivity contribution in [2.45, 2.75) is 27.2 Å². The fourth-order valence-corrected chi connectivity index (χ4v) is 3.99. The Bertz CT molecular complexity index is 1330. The second-order valence-corrected chi connectivity index (χ2v) is 7.84. The van der Waals surface area contributed by atoms with Crippen molar-refractivity contribution in [3.8, 4) is 5.69 Å². The highest BCUT2D eigenvalue weighted by molar-refractivity contribution is 5.94. The summed E-state index contributed by atoms with van der Waals surface area (Å²) < 4.78 is 14.5. The zero-order valence-corrected chi connectivity index (χ0v) is 17.8. The molecule has 0 bridgehead atoms. The van der Waals surface area contributed by atoms with Gasteiger partial charge in [0.2, 0.25) is 0 Å². The van der Waals surface area contributed by atoms with Crippen molar-refractivity contribution in [1.29, 1.82) is 0 Å². The normalized spacial score (nSPS) is 11.1. The number of aromatic amines is 1. The SMILES string of the molecule is Cc1cc(C)c2[nH]c(C)c(CCNC(=O)c3ccc(=O)n(-c4ccc(F)cc4)c3)c2c1. The molecule has 0 aliphatic carbocycles. The molecule has 31 heavy (non-hydrogen) atoms. The molecule has 2 aromatic heterocycles. The van der Waals surface area contributed by atoms with E-state index in [-0.39, 0.29) is 17.3 Å². The van der Waals surface area contributed by atoms with Crippen LogP contribution in [0.15, 0.2) is 59.5 Å². The Kier molecular flexibility index (Phi) is 5.46. The van der Waals surface area contributed by atoms with E-state index < -0.39 is 0 Å². The highest BCUT2D eigenvalue weighted by atomic mass is 19.1. The number of nitrogens with zero attached hydrogens (tertiary/aromatic N) is 1. The van der Waals surface area contributed by atoms with Crippen LogP contribution in [0.1, 0.15) is 32.7 Å². The molecule has 4 rings (SSSR count). The van der Waals surface area contributed by atoms with Crippen molar-refractivity contribution in [3.05, 3.63) is 98.8 Å². The van der Waals surface area contributed by atoms with Gasteiger partial charge in [0.05, 0.1) is 5.56 Å². The number of rotatable bonds is 5. The highest BCUT2D eigenvalue weighted by Gasteiger charge is 2.13. The Hall–Kier alpha value is -3.67. The molecule has 0 saturated carbocycles. The highest BCUT2D eigenvalue weighted by Crippen LogP contribution is 2.26. The maximum Gasteiger partial charge on any atom is 0.255 e. The summed E-state index contributed by atoms with van der Waals surface area (Å²) in [6.07, 6.45) is 2.17. The fourth-order valence-electron chi connectivity index (χ4n) is 3.99. The van der Waals surface area contributed by atoms with E-state index in [1.165, 1.54) is 69.2 Å². The van der Waals surface area contributed by atoms with Crippen LogP contribution in [0, 0.1) is 26.6 Å². The van der Waals surface area contributed by atoms with Gasteiger partial charge in [-0.3, -0.25) is 14.2 Å². The summed E-state index contributed by atoms with van der Waals surface area (Å²) in [5.74, 6) is -0.649. The summed E-state index contributed by atoms with van der Waals surface area (Å²) in [6, 6.07) is 12.7. The van der Waals surface area contributed by atoms with Gasteiger partial charge in [0.25, 0.3) is 11.5 Å². The minimum absolute atomic E-state index is 0.263. The first kappa shape index (κ1) is 20.6. The van der Waals surface area contributed by atoms with Gasteiger partial charge in [-0.2, -0.15) is 0 Å². The smallest absolute Gasteiger partial charge is 0.255 e. The minimum atomic E-state index is -0.386. The zero-order chi connectivity index (χ0) is 22.1. The lowest BCUT2D eigenvalue weighted by atomic mass is 10.0. The third kappa shape index (κ3) is 4.14. The van der Waals surface area contributed by atoms with E-state index in [1.54, 1.807) is 0 Å².